The number of nitrogen functional groups attached to an aromatic ring is 1. The van der Waals surface area contributed by atoms with Crippen LogP contribution in [-0.2, 0) is 4.79 Å². The Morgan fingerprint density at radius 1 is 1.13 bits per heavy atom. The van der Waals surface area contributed by atoms with Crippen LogP contribution in [-0.4, -0.2) is 27.7 Å². The van der Waals surface area contributed by atoms with Gasteiger partial charge in [0, 0.05) is 17.4 Å². The zero-order valence-corrected chi connectivity index (χ0v) is 16.4. The Balaban J connectivity index is 1.99. The van der Waals surface area contributed by atoms with E-state index in [1.165, 1.54) is 42.2 Å². The van der Waals surface area contributed by atoms with Gasteiger partial charge in [0.05, 0.1) is 0 Å². The van der Waals surface area contributed by atoms with Crippen LogP contribution < -0.4 is 16.4 Å². The van der Waals surface area contributed by atoms with Gasteiger partial charge < -0.3 is 16.4 Å². The molecule has 0 aliphatic rings. The second-order valence-corrected chi connectivity index (χ2v) is 7.21. The number of carbonyl (C=O) groups is 2. The molecule has 3 aromatic rings. The molecule has 2 aromatic heterocycles. The van der Waals surface area contributed by atoms with Gasteiger partial charge in [0.25, 0.3) is 6.43 Å². The summed E-state index contributed by atoms with van der Waals surface area (Å²) in [6.45, 7) is 1.53. The number of rotatable bonds is 7. The molecule has 0 saturated heterocycles. The van der Waals surface area contributed by atoms with Crippen molar-refractivity contribution in [2.24, 2.45) is 5.73 Å². The molecule has 11 heteroatoms. The lowest BCUT2D eigenvalue weighted by Crippen LogP contribution is -2.39. The van der Waals surface area contributed by atoms with Crippen LogP contribution in [0.1, 0.15) is 34.3 Å². The molecule has 1 aromatic carbocycles. The Kier molecular flexibility index (Phi) is 6.01. The van der Waals surface area contributed by atoms with E-state index < -0.39 is 35.7 Å². The number of hydrogen-bond donors (Lipinski definition) is 2. The number of nitrogens with two attached hydrogens (primary N) is 2. The summed E-state index contributed by atoms with van der Waals surface area (Å²) in [5.41, 5.74) is 11.4. The monoisotopic (exact) mass is 435 g/mol. The van der Waals surface area contributed by atoms with Gasteiger partial charge in [-0.25, -0.2) is 18.2 Å². The number of carbonyl (C=O) groups excluding carboxylic acids is 2. The van der Waals surface area contributed by atoms with E-state index in [9.17, 15) is 22.8 Å². The summed E-state index contributed by atoms with van der Waals surface area (Å²) in [7, 11) is 0. The predicted octanol–water partition coefficient (Wildman–Crippen LogP) is 3.44. The van der Waals surface area contributed by atoms with Crippen molar-refractivity contribution in [3.8, 4) is 0 Å². The lowest BCUT2D eigenvalue weighted by atomic mass is 10.1. The van der Waals surface area contributed by atoms with Crippen molar-refractivity contribution in [2.75, 3.05) is 10.6 Å². The van der Waals surface area contributed by atoms with Crippen LogP contribution in [0.3, 0.4) is 0 Å². The minimum absolute atomic E-state index is 0.0420. The number of primary amides is 1. The van der Waals surface area contributed by atoms with Crippen molar-refractivity contribution in [1.82, 2.24) is 9.97 Å². The average Bonchev–Trinajstić information content (AvgIpc) is 3.10. The number of benzene rings is 1. The first-order chi connectivity index (χ1) is 14.2. The number of hydrogen-bond acceptors (Lipinski definition) is 7. The minimum atomic E-state index is -2.76. The average molecular weight is 435 g/mol. The third kappa shape index (κ3) is 4.25. The number of halogens is 3. The van der Waals surface area contributed by atoms with E-state index in [4.69, 9.17) is 11.5 Å². The summed E-state index contributed by atoms with van der Waals surface area (Å²) in [5.74, 6) is -1.82. The maximum atomic E-state index is 13.3. The van der Waals surface area contributed by atoms with Crippen molar-refractivity contribution in [3.05, 3.63) is 64.5 Å². The molecule has 0 saturated carbocycles. The first-order valence-electron chi connectivity index (χ1n) is 8.58. The number of alkyl halides is 2. The van der Waals surface area contributed by atoms with Crippen molar-refractivity contribution in [1.29, 1.82) is 0 Å². The Morgan fingerprint density at radius 2 is 1.80 bits per heavy atom. The molecule has 156 valence electrons. The number of amides is 1. The molecule has 0 aliphatic carbocycles. The molecular formula is C19H16F3N5O2S. The SMILES string of the molecule is CC(C(N)=O)N(c1ccc(F)cc1)c1nc(N)c(C(=O)c2ccc(C(F)F)nc2)s1. The highest BCUT2D eigenvalue weighted by atomic mass is 32.1. The number of aromatic nitrogens is 2. The molecule has 0 spiro atoms. The van der Waals surface area contributed by atoms with Gasteiger partial charge in [-0.15, -0.1) is 0 Å². The van der Waals surface area contributed by atoms with Gasteiger partial charge in [0.1, 0.15) is 28.2 Å². The summed E-state index contributed by atoms with van der Waals surface area (Å²) in [5, 5.41) is 0.186. The number of pyridine rings is 1. The summed E-state index contributed by atoms with van der Waals surface area (Å²) >= 11 is 0.889. The summed E-state index contributed by atoms with van der Waals surface area (Å²) in [4.78, 5) is 33.8. The zero-order valence-electron chi connectivity index (χ0n) is 15.6. The van der Waals surface area contributed by atoms with Crippen molar-refractivity contribution in [3.63, 3.8) is 0 Å². The largest absolute Gasteiger partial charge is 0.382 e. The van der Waals surface area contributed by atoms with E-state index >= 15 is 0 Å². The minimum Gasteiger partial charge on any atom is -0.382 e. The van der Waals surface area contributed by atoms with Gasteiger partial charge in [-0.3, -0.25) is 14.6 Å². The predicted molar refractivity (Wildman–Crippen MR) is 106 cm³/mol. The quantitative estimate of drug-likeness (QED) is 0.550. The summed E-state index contributed by atoms with van der Waals surface area (Å²) < 4.78 is 38.6. The third-order valence-corrected chi connectivity index (χ3v) is 5.30. The number of nitrogens with zero attached hydrogens (tertiary/aromatic N) is 3. The van der Waals surface area contributed by atoms with Crippen molar-refractivity contribution in [2.45, 2.75) is 19.4 Å². The summed E-state index contributed by atoms with van der Waals surface area (Å²) in [6, 6.07) is 6.66. The van der Waals surface area contributed by atoms with Crippen molar-refractivity contribution < 1.29 is 22.8 Å². The molecule has 1 unspecified atom stereocenters. The highest BCUT2D eigenvalue weighted by molar-refractivity contribution is 7.18. The van der Waals surface area contributed by atoms with Gasteiger partial charge in [0.15, 0.2) is 5.13 Å². The fraction of sp³-hybridized carbons (Fsp3) is 0.158. The van der Waals surface area contributed by atoms with Gasteiger partial charge in [-0.1, -0.05) is 11.3 Å². The van der Waals surface area contributed by atoms with Crippen LogP contribution in [0, 0.1) is 5.82 Å². The standard InChI is InChI=1S/C19H16F3N5O2S/c1-9(18(24)29)27(12-5-3-11(20)4-6-12)19-26-17(23)15(30-19)14(28)10-2-7-13(16(21)22)25-8-10/h2-9,16H,23H2,1H3,(H2,24,29). The molecule has 2 heterocycles. The van der Waals surface area contributed by atoms with E-state index in [-0.39, 0.29) is 21.4 Å². The van der Waals surface area contributed by atoms with Gasteiger partial charge in [0.2, 0.25) is 11.7 Å². The zero-order chi connectivity index (χ0) is 22.0. The molecule has 1 atom stereocenters. The third-order valence-electron chi connectivity index (χ3n) is 4.23. The Labute approximate surface area is 173 Å². The highest BCUT2D eigenvalue weighted by Gasteiger charge is 2.27. The van der Waals surface area contributed by atoms with Crippen LogP contribution >= 0.6 is 11.3 Å². The molecule has 1 amide bonds. The first-order valence-corrected chi connectivity index (χ1v) is 9.40. The molecule has 7 nitrogen and oxygen atoms in total. The van der Waals surface area contributed by atoms with E-state index in [0.29, 0.717) is 5.69 Å². The van der Waals surface area contributed by atoms with E-state index in [2.05, 4.69) is 9.97 Å². The topological polar surface area (TPSA) is 115 Å². The van der Waals surface area contributed by atoms with Crippen LogP contribution in [0.4, 0.5) is 29.8 Å². The lowest BCUT2D eigenvalue weighted by molar-refractivity contribution is -0.118. The summed E-state index contributed by atoms with van der Waals surface area (Å²) in [6.07, 6.45) is -1.72. The van der Waals surface area contributed by atoms with E-state index in [1.54, 1.807) is 0 Å². The Morgan fingerprint density at radius 3 is 2.33 bits per heavy atom. The highest BCUT2D eigenvalue weighted by Crippen LogP contribution is 2.36. The number of anilines is 3. The molecule has 4 N–H and O–H groups in total. The fourth-order valence-electron chi connectivity index (χ4n) is 2.61. The molecule has 0 aliphatic heterocycles. The first kappa shape index (κ1) is 21.2. The van der Waals surface area contributed by atoms with Crippen LogP contribution in [0.15, 0.2) is 42.6 Å². The van der Waals surface area contributed by atoms with Gasteiger partial charge in [-0.05, 0) is 43.3 Å². The molecular weight excluding hydrogens is 419 g/mol. The second kappa shape index (κ2) is 8.49. The van der Waals surface area contributed by atoms with E-state index in [0.717, 1.165) is 23.6 Å². The van der Waals surface area contributed by atoms with Crippen LogP contribution in [0.25, 0.3) is 0 Å². The second-order valence-electron chi connectivity index (χ2n) is 6.24. The molecule has 30 heavy (non-hydrogen) atoms. The molecule has 0 bridgehead atoms. The lowest BCUT2D eigenvalue weighted by Gasteiger charge is -2.26. The molecule has 0 fully saturated rings. The molecule has 0 radical (unpaired) electrons. The van der Waals surface area contributed by atoms with Crippen LogP contribution in [0.5, 0.6) is 0 Å². The fourth-order valence-corrected chi connectivity index (χ4v) is 3.66. The molecule has 3 rings (SSSR count). The maximum absolute atomic E-state index is 13.3. The maximum Gasteiger partial charge on any atom is 0.280 e. The van der Waals surface area contributed by atoms with Crippen LogP contribution in [0.2, 0.25) is 0 Å². The Hall–Kier alpha value is -3.47. The van der Waals surface area contributed by atoms with Crippen molar-refractivity contribution >= 4 is 39.7 Å². The number of thiazole rings is 1. The Bertz CT molecular complexity index is 1070. The number of ketones is 1. The smallest absolute Gasteiger partial charge is 0.280 e. The normalized spacial score (nSPS) is 12.0. The van der Waals surface area contributed by atoms with Gasteiger partial charge >= 0.3 is 0 Å². The van der Waals surface area contributed by atoms with Gasteiger partial charge in [-0.2, -0.15) is 0 Å². The van der Waals surface area contributed by atoms with E-state index in [1.807, 2.05) is 0 Å².